The Kier molecular flexibility index (Phi) is 10.3. The fraction of sp³-hybridized carbons (Fsp3) is 0.233. The van der Waals surface area contributed by atoms with Crippen molar-refractivity contribution in [2.45, 2.75) is 31.9 Å². The highest BCUT2D eigenvalue weighted by atomic mass is 31.2. The van der Waals surface area contributed by atoms with Gasteiger partial charge in [0.2, 0.25) is 5.91 Å². The molecule has 0 unspecified atom stereocenters. The second-order valence-electron chi connectivity index (χ2n) is 11.7. The minimum Gasteiger partial charge on any atom is -0.534 e. The van der Waals surface area contributed by atoms with Crippen molar-refractivity contribution in [1.82, 2.24) is 20.4 Å². The SMILES string of the molecule is Cc1c(CN2CCN(C(=O)N[C@@H](C(=O)N[C@H]3Cc4ccc(F)c(C(=O)O)c4OB3O)c3cc(F)c(P(=O)(O)O)c(F)c3)C(=O)C2=O)ccc(O)c1O. The lowest BCUT2D eigenvalue weighted by Crippen LogP contribution is -2.60. The minimum atomic E-state index is -5.53. The number of amides is 5. The molecule has 3 aromatic carbocycles. The molecule has 1 fully saturated rings. The van der Waals surface area contributed by atoms with Gasteiger partial charge in [-0.25, -0.2) is 22.8 Å². The predicted molar refractivity (Wildman–Crippen MR) is 169 cm³/mol. The molecule has 0 radical (unpaired) electrons. The van der Waals surface area contributed by atoms with Gasteiger partial charge in [0.25, 0.3) is 0 Å². The molecule has 2 aliphatic rings. The van der Waals surface area contributed by atoms with E-state index in [1.807, 2.05) is 0 Å². The van der Waals surface area contributed by atoms with E-state index in [1.54, 1.807) is 0 Å². The predicted octanol–water partition coefficient (Wildman–Crippen LogP) is 0.0860. The summed E-state index contributed by atoms with van der Waals surface area (Å²) in [7, 11) is -7.57. The number of phenolic OH excluding ortho intramolecular Hbond substituents is 2. The van der Waals surface area contributed by atoms with E-state index in [1.165, 1.54) is 19.1 Å². The summed E-state index contributed by atoms with van der Waals surface area (Å²) in [6, 6.07) is 1.53. The number of nitrogens with one attached hydrogen (secondary N) is 2. The van der Waals surface area contributed by atoms with E-state index in [4.69, 9.17) is 4.65 Å². The molecule has 1 saturated heterocycles. The fourth-order valence-electron chi connectivity index (χ4n) is 5.68. The van der Waals surface area contributed by atoms with E-state index in [0.29, 0.717) is 22.6 Å². The topological polar surface area (TPSA) is 264 Å². The van der Waals surface area contributed by atoms with Crippen LogP contribution < -0.4 is 20.6 Å². The minimum absolute atomic E-state index is 0.0118. The van der Waals surface area contributed by atoms with Crippen LogP contribution in [0.3, 0.4) is 0 Å². The van der Waals surface area contributed by atoms with Crippen LogP contribution in [-0.4, -0.2) is 95.8 Å². The van der Waals surface area contributed by atoms with Crippen LogP contribution in [0.5, 0.6) is 17.2 Å². The van der Waals surface area contributed by atoms with Gasteiger partial charge >= 0.3 is 38.5 Å². The molecule has 17 nitrogen and oxygen atoms in total. The van der Waals surface area contributed by atoms with Crippen LogP contribution in [0.1, 0.15) is 38.7 Å². The molecule has 2 heterocycles. The van der Waals surface area contributed by atoms with Gasteiger partial charge in [0.05, 0.1) is 5.94 Å². The van der Waals surface area contributed by atoms with Gasteiger partial charge in [-0.15, -0.1) is 0 Å². The molecule has 0 aromatic heterocycles. The number of carboxylic acids is 1. The van der Waals surface area contributed by atoms with Crippen molar-refractivity contribution in [3.8, 4) is 17.2 Å². The molecule has 0 saturated carbocycles. The number of rotatable bonds is 8. The maximum Gasteiger partial charge on any atom is 0.547 e. The van der Waals surface area contributed by atoms with Gasteiger partial charge in [-0.3, -0.25) is 23.8 Å². The summed E-state index contributed by atoms with van der Waals surface area (Å²) in [6.45, 7) is 0.501. The molecule has 5 rings (SSSR count). The average Bonchev–Trinajstić information content (AvgIpc) is 3.05. The molecular weight excluding hydrogens is 723 g/mol. The lowest BCUT2D eigenvalue weighted by Gasteiger charge is -2.34. The first-order chi connectivity index (χ1) is 24.3. The van der Waals surface area contributed by atoms with E-state index >= 15 is 0 Å². The standard InChI is InChI=1S/C30H27BF3N4O13P/c1-12-14(3-5-19(39)23(12)40)11-37-6-7-38(28(43)27(37)42)30(46)36-22(15-8-17(33)25(18(34)9-15)52(48,49)50)26(41)35-20-10-13-2-4-16(32)21(29(44)45)24(13)51-31(20)47/h2-5,8-9,20,22,39-40,47H,6-7,10-11H2,1H3,(H,35,41)(H,36,46)(H,44,45)(H2,48,49,50)/t20-,22+/m0/s1. The number of hydrogen-bond donors (Lipinski definition) is 8. The third-order valence-corrected chi connectivity index (χ3v) is 9.39. The number of aromatic carboxylic acids is 1. The molecule has 2 aliphatic heterocycles. The van der Waals surface area contributed by atoms with Crippen LogP contribution in [0.25, 0.3) is 0 Å². The molecule has 0 aliphatic carbocycles. The Labute approximate surface area is 290 Å². The van der Waals surface area contributed by atoms with Crippen LogP contribution in [0.4, 0.5) is 18.0 Å². The molecule has 5 amide bonds. The zero-order valence-corrected chi connectivity index (χ0v) is 27.4. The van der Waals surface area contributed by atoms with E-state index < -0.39 is 121 Å². The van der Waals surface area contributed by atoms with Gasteiger partial charge in [0.15, 0.2) is 11.5 Å². The van der Waals surface area contributed by atoms with Crippen molar-refractivity contribution in [3.05, 3.63) is 81.7 Å². The second-order valence-corrected chi connectivity index (χ2v) is 13.2. The van der Waals surface area contributed by atoms with Gasteiger partial charge in [-0.2, -0.15) is 0 Å². The third kappa shape index (κ3) is 7.24. The van der Waals surface area contributed by atoms with Crippen LogP contribution >= 0.6 is 7.60 Å². The van der Waals surface area contributed by atoms with Gasteiger partial charge in [0.1, 0.15) is 40.1 Å². The van der Waals surface area contributed by atoms with E-state index in [0.717, 1.165) is 17.0 Å². The number of aromatic hydroxyl groups is 2. The van der Waals surface area contributed by atoms with E-state index in [-0.39, 0.29) is 24.2 Å². The number of benzene rings is 3. The Morgan fingerprint density at radius 1 is 1.02 bits per heavy atom. The highest BCUT2D eigenvalue weighted by Gasteiger charge is 2.42. The number of imide groups is 1. The normalized spacial score (nSPS) is 16.6. The molecule has 0 bridgehead atoms. The molecule has 274 valence electrons. The van der Waals surface area contributed by atoms with E-state index in [2.05, 4.69) is 10.6 Å². The van der Waals surface area contributed by atoms with Crippen LogP contribution in [-0.2, 0) is 31.9 Å². The number of nitrogens with zero attached hydrogens (tertiary/aromatic N) is 2. The van der Waals surface area contributed by atoms with Crippen LogP contribution in [0.2, 0.25) is 0 Å². The summed E-state index contributed by atoms with van der Waals surface area (Å²) < 4.78 is 60.8. The summed E-state index contributed by atoms with van der Waals surface area (Å²) >= 11 is 0. The first-order valence-corrected chi connectivity index (χ1v) is 16.6. The molecule has 3 aromatic rings. The number of urea groups is 1. The number of hydrogen-bond acceptors (Lipinski definition) is 10. The van der Waals surface area contributed by atoms with Gasteiger partial charge in [-0.05, 0) is 59.9 Å². The number of phenols is 2. The fourth-order valence-corrected chi connectivity index (χ4v) is 6.37. The third-order valence-electron chi connectivity index (χ3n) is 8.38. The molecular formula is C30H27BF3N4O13P. The van der Waals surface area contributed by atoms with Crippen molar-refractivity contribution in [1.29, 1.82) is 0 Å². The first-order valence-electron chi connectivity index (χ1n) is 15.0. The van der Waals surface area contributed by atoms with Crippen molar-refractivity contribution in [2.24, 2.45) is 0 Å². The Hall–Kier alpha value is -5.63. The highest BCUT2D eigenvalue weighted by Crippen LogP contribution is 2.37. The summed E-state index contributed by atoms with van der Waals surface area (Å²) in [5.74, 6) is -13.3. The number of carbonyl (C=O) groups excluding carboxylic acids is 4. The largest absolute Gasteiger partial charge is 0.547 e. The first kappa shape index (κ1) is 37.6. The van der Waals surface area contributed by atoms with Gasteiger partial charge < -0.3 is 50.3 Å². The number of piperazine rings is 1. The second kappa shape index (κ2) is 14.2. The lowest BCUT2D eigenvalue weighted by atomic mass is 9.72. The summed E-state index contributed by atoms with van der Waals surface area (Å²) in [4.78, 5) is 84.9. The summed E-state index contributed by atoms with van der Waals surface area (Å²) in [5, 5.41) is 42.3. The Morgan fingerprint density at radius 3 is 2.29 bits per heavy atom. The summed E-state index contributed by atoms with van der Waals surface area (Å²) in [6.07, 6.45) is -0.392. The van der Waals surface area contributed by atoms with Crippen LogP contribution in [0.15, 0.2) is 36.4 Å². The Balaban J connectivity index is 1.41. The smallest absolute Gasteiger partial charge is 0.534 e. The molecule has 8 N–H and O–H groups in total. The molecule has 2 atom stereocenters. The number of fused-ring (bicyclic) bond motifs is 1. The van der Waals surface area contributed by atoms with Crippen molar-refractivity contribution >= 4 is 49.7 Å². The highest BCUT2D eigenvalue weighted by molar-refractivity contribution is 7.60. The quantitative estimate of drug-likeness (QED) is 0.0658. The molecule has 22 heteroatoms. The summed E-state index contributed by atoms with van der Waals surface area (Å²) in [5.41, 5.74) is -1.07. The Morgan fingerprint density at radius 2 is 1.67 bits per heavy atom. The van der Waals surface area contributed by atoms with Crippen molar-refractivity contribution in [3.63, 3.8) is 0 Å². The zero-order chi connectivity index (χ0) is 38.4. The monoisotopic (exact) mass is 750 g/mol. The van der Waals surface area contributed by atoms with Crippen LogP contribution in [0, 0.1) is 24.4 Å². The van der Waals surface area contributed by atoms with Crippen molar-refractivity contribution in [2.75, 3.05) is 13.1 Å². The maximum atomic E-state index is 14.9. The molecule has 0 spiro atoms. The zero-order valence-electron chi connectivity index (χ0n) is 26.5. The Bertz CT molecular complexity index is 2060. The number of carboxylic acid groups (broad SMARTS) is 1. The number of halogens is 3. The lowest BCUT2D eigenvalue weighted by molar-refractivity contribution is -0.154. The molecule has 52 heavy (non-hydrogen) atoms. The average molecular weight is 750 g/mol. The van der Waals surface area contributed by atoms with Crippen molar-refractivity contribution < 1.29 is 76.5 Å². The van der Waals surface area contributed by atoms with Gasteiger partial charge in [-0.1, -0.05) is 12.1 Å². The maximum absolute atomic E-state index is 14.9. The number of carbonyl (C=O) groups is 5. The van der Waals surface area contributed by atoms with E-state index in [9.17, 15) is 71.8 Å². The van der Waals surface area contributed by atoms with Gasteiger partial charge in [0, 0.05) is 19.6 Å².